The van der Waals surface area contributed by atoms with Gasteiger partial charge in [-0.05, 0) is 42.7 Å². The number of quaternary nitrogens is 1. The molecule has 1 atom stereocenters. The lowest BCUT2D eigenvalue weighted by atomic mass is 10.1. The summed E-state index contributed by atoms with van der Waals surface area (Å²) >= 11 is 0. The molecule has 0 aromatic heterocycles. The van der Waals surface area contributed by atoms with Gasteiger partial charge in [0.1, 0.15) is 5.75 Å². The molecular formula is C21H28N3O3+. The number of methoxy groups -OCH3 is 1. The van der Waals surface area contributed by atoms with E-state index < -0.39 is 0 Å². The van der Waals surface area contributed by atoms with Crippen molar-refractivity contribution >= 4 is 17.5 Å². The molecule has 0 radical (unpaired) electrons. The molecule has 0 aliphatic carbocycles. The lowest BCUT2D eigenvalue weighted by Crippen LogP contribution is -3.11. The molecule has 27 heavy (non-hydrogen) atoms. The second-order valence-corrected chi connectivity index (χ2v) is 6.53. The molecule has 2 rings (SSSR count). The summed E-state index contributed by atoms with van der Waals surface area (Å²) in [6.07, 6.45) is 1.83. The van der Waals surface area contributed by atoms with Crippen LogP contribution in [0.4, 0.5) is 5.69 Å². The molecule has 144 valence electrons. The second kappa shape index (κ2) is 11.0. The minimum Gasteiger partial charge on any atom is -0.497 e. The van der Waals surface area contributed by atoms with Crippen molar-refractivity contribution in [1.82, 2.24) is 5.32 Å². The number of carbonyl (C=O) groups excluding carboxylic acids is 2. The Labute approximate surface area is 160 Å². The Bertz CT molecular complexity index is 717. The van der Waals surface area contributed by atoms with Crippen LogP contribution in [0, 0.1) is 0 Å². The predicted octanol–water partition coefficient (Wildman–Crippen LogP) is 0.897. The maximum atomic E-state index is 12.1. The van der Waals surface area contributed by atoms with Gasteiger partial charge in [-0.3, -0.25) is 9.59 Å². The average Bonchev–Trinajstić information content (AvgIpc) is 2.66. The second-order valence-electron chi connectivity index (χ2n) is 6.53. The quantitative estimate of drug-likeness (QED) is 0.544. The van der Waals surface area contributed by atoms with E-state index in [1.54, 1.807) is 31.4 Å². The first kappa shape index (κ1) is 20.5. The molecule has 0 aliphatic heterocycles. The van der Waals surface area contributed by atoms with E-state index in [-0.39, 0.29) is 24.9 Å². The minimum atomic E-state index is -0.130. The van der Waals surface area contributed by atoms with Crippen LogP contribution < -0.4 is 20.3 Å². The Morgan fingerprint density at radius 3 is 2.30 bits per heavy atom. The molecular weight excluding hydrogens is 342 g/mol. The van der Waals surface area contributed by atoms with Crippen LogP contribution in [0.15, 0.2) is 54.6 Å². The lowest BCUT2D eigenvalue weighted by molar-refractivity contribution is -0.862. The van der Waals surface area contributed by atoms with Crippen molar-refractivity contribution in [2.45, 2.75) is 12.8 Å². The molecule has 6 nitrogen and oxygen atoms in total. The van der Waals surface area contributed by atoms with Crippen LogP contribution in [0.3, 0.4) is 0 Å². The maximum Gasteiger partial charge on any atom is 0.279 e. The van der Waals surface area contributed by atoms with Crippen LogP contribution in [0.2, 0.25) is 0 Å². The standard InChI is InChI=1S/C21H27N3O3/c1-24(16-21(26)23-18-10-12-19(27-2)13-11-18)15-20(25)22-14-6-9-17-7-4-3-5-8-17/h3-5,7-8,10-13H,6,9,14-16H2,1-2H3,(H,22,25)(H,23,26)/p+1. The highest BCUT2D eigenvalue weighted by Crippen LogP contribution is 2.14. The van der Waals surface area contributed by atoms with Gasteiger partial charge in [-0.2, -0.15) is 0 Å². The molecule has 2 aromatic carbocycles. The summed E-state index contributed by atoms with van der Waals surface area (Å²) in [5.74, 6) is 0.562. The molecule has 3 N–H and O–H groups in total. The van der Waals surface area contributed by atoms with Gasteiger partial charge in [-0.25, -0.2) is 0 Å². The van der Waals surface area contributed by atoms with Crippen LogP contribution in [0.25, 0.3) is 0 Å². The lowest BCUT2D eigenvalue weighted by Gasteiger charge is -2.14. The Morgan fingerprint density at radius 2 is 1.63 bits per heavy atom. The summed E-state index contributed by atoms with van der Waals surface area (Å²) in [6.45, 7) is 1.13. The van der Waals surface area contributed by atoms with E-state index in [0.29, 0.717) is 12.2 Å². The number of carbonyl (C=O) groups is 2. The molecule has 0 saturated carbocycles. The normalized spacial score (nSPS) is 11.5. The van der Waals surface area contributed by atoms with E-state index in [0.717, 1.165) is 23.5 Å². The van der Waals surface area contributed by atoms with E-state index >= 15 is 0 Å². The number of nitrogens with one attached hydrogen (secondary N) is 3. The van der Waals surface area contributed by atoms with Crippen LogP contribution >= 0.6 is 0 Å². The number of hydrogen-bond donors (Lipinski definition) is 3. The highest BCUT2D eigenvalue weighted by Gasteiger charge is 2.14. The van der Waals surface area contributed by atoms with Crippen LogP contribution in [-0.4, -0.2) is 45.6 Å². The van der Waals surface area contributed by atoms with Gasteiger partial charge in [-0.15, -0.1) is 0 Å². The van der Waals surface area contributed by atoms with Crippen molar-refractivity contribution in [3.8, 4) is 5.75 Å². The highest BCUT2D eigenvalue weighted by atomic mass is 16.5. The number of rotatable bonds is 10. The number of hydrogen-bond acceptors (Lipinski definition) is 3. The molecule has 0 fully saturated rings. The van der Waals surface area contributed by atoms with Crippen LogP contribution in [0.5, 0.6) is 5.75 Å². The fraction of sp³-hybridized carbons (Fsp3) is 0.333. The molecule has 2 aromatic rings. The predicted molar refractivity (Wildman–Crippen MR) is 106 cm³/mol. The first-order valence-corrected chi connectivity index (χ1v) is 9.12. The zero-order valence-electron chi connectivity index (χ0n) is 16.0. The van der Waals surface area contributed by atoms with Crippen LogP contribution in [-0.2, 0) is 16.0 Å². The van der Waals surface area contributed by atoms with Crippen LogP contribution in [0.1, 0.15) is 12.0 Å². The van der Waals surface area contributed by atoms with Gasteiger partial charge in [0.2, 0.25) is 0 Å². The minimum absolute atomic E-state index is 0.0437. The maximum absolute atomic E-state index is 12.1. The molecule has 1 unspecified atom stereocenters. The van der Waals surface area contributed by atoms with Crippen molar-refractivity contribution in [3.63, 3.8) is 0 Å². The van der Waals surface area contributed by atoms with E-state index in [1.165, 1.54) is 5.56 Å². The van der Waals surface area contributed by atoms with Gasteiger partial charge < -0.3 is 20.3 Å². The fourth-order valence-corrected chi connectivity index (χ4v) is 2.72. The van der Waals surface area contributed by atoms with E-state index in [2.05, 4.69) is 22.8 Å². The summed E-state index contributed by atoms with van der Waals surface area (Å²) in [7, 11) is 3.43. The average molecular weight is 370 g/mol. The summed E-state index contributed by atoms with van der Waals surface area (Å²) in [6, 6.07) is 17.3. The number of anilines is 1. The first-order chi connectivity index (χ1) is 13.1. The Balaban J connectivity index is 1.62. The summed E-state index contributed by atoms with van der Waals surface area (Å²) in [5.41, 5.74) is 1.98. The topological polar surface area (TPSA) is 71.9 Å². The first-order valence-electron chi connectivity index (χ1n) is 9.12. The Morgan fingerprint density at radius 1 is 0.963 bits per heavy atom. The molecule has 0 spiro atoms. The molecule has 0 bridgehead atoms. The zero-order chi connectivity index (χ0) is 19.5. The van der Waals surface area contributed by atoms with E-state index in [1.807, 2.05) is 25.2 Å². The summed E-state index contributed by atoms with van der Waals surface area (Å²) in [4.78, 5) is 24.9. The van der Waals surface area contributed by atoms with Gasteiger partial charge >= 0.3 is 0 Å². The van der Waals surface area contributed by atoms with Gasteiger partial charge in [0, 0.05) is 12.2 Å². The largest absolute Gasteiger partial charge is 0.497 e. The number of likely N-dealkylation sites (N-methyl/N-ethyl adjacent to an activating group) is 1. The van der Waals surface area contributed by atoms with Gasteiger partial charge in [0.15, 0.2) is 13.1 Å². The van der Waals surface area contributed by atoms with E-state index in [4.69, 9.17) is 4.74 Å². The molecule has 0 aliphatic rings. The smallest absolute Gasteiger partial charge is 0.279 e. The van der Waals surface area contributed by atoms with Gasteiger partial charge in [0.25, 0.3) is 11.8 Å². The number of amides is 2. The monoisotopic (exact) mass is 370 g/mol. The third kappa shape index (κ3) is 7.92. The van der Waals surface area contributed by atoms with Crippen molar-refractivity contribution in [2.24, 2.45) is 0 Å². The third-order valence-electron chi connectivity index (χ3n) is 4.11. The van der Waals surface area contributed by atoms with Crippen molar-refractivity contribution in [2.75, 3.05) is 39.1 Å². The Hall–Kier alpha value is -2.86. The molecule has 0 heterocycles. The van der Waals surface area contributed by atoms with Crippen molar-refractivity contribution < 1.29 is 19.2 Å². The summed E-state index contributed by atoms with van der Waals surface area (Å²) in [5, 5.41) is 5.73. The molecule has 6 heteroatoms. The van der Waals surface area contributed by atoms with Crippen molar-refractivity contribution in [3.05, 3.63) is 60.2 Å². The van der Waals surface area contributed by atoms with Gasteiger partial charge in [0.05, 0.1) is 14.2 Å². The molecule has 0 saturated heterocycles. The number of benzene rings is 2. The fourth-order valence-electron chi connectivity index (χ4n) is 2.72. The number of aryl methyl sites for hydroxylation is 1. The third-order valence-corrected chi connectivity index (χ3v) is 4.11. The SMILES string of the molecule is COc1ccc(NC(=O)C[NH+](C)CC(=O)NCCCc2ccccc2)cc1. The van der Waals surface area contributed by atoms with E-state index in [9.17, 15) is 9.59 Å². The number of ether oxygens (including phenoxy) is 1. The zero-order valence-corrected chi connectivity index (χ0v) is 16.0. The highest BCUT2D eigenvalue weighted by molar-refractivity contribution is 5.91. The van der Waals surface area contributed by atoms with Crippen molar-refractivity contribution in [1.29, 1.82) is 0 Å². The van der Waals surface area contributed by atoms with Gasteiger partial charge in [-0.1, -0.05) is 30.3 Å². The summed E-state index contributed by atoms with van der Waals surface area (Å²) < 4.78 is 5.09. The molecule has 2 amide bonds. The Kier molecular flexibility index (Phi) is 8.32.